The van der Waals surface area contributed by atoms with Crippen LogP contribution in [0.3, 0.4) is 0 Å². The summed E-state index contributed by atoms with van der Waals surface area (Å²) in [5.41, 5.74) is 1.42. The Hall–Kier alpha value is -0.170. The Morgan fingerprint density at radius 3 is 2.44 bits per heavy atom. The number of allylic oxidation sites excluding steroid dienone is 2. The molecule has 0 nitrogen and oxygen atoms in total. The molecule has 0 heterocycles. The molecule has 0 aliphatic carbocycles. The summed E-state index contributed by atoms with van der Waals surface area (Å²) in [6, 6.07) is 0. The Labute approximate surface area is 62.0 Å². The van der Waals surface area contributed by atoms with Gasteiger partial charge in [0.15, 0.2) is 0 Å². The predicted molar refractivity (Wildman–Crippen MR) is 46.5 cm³/mol. The molecule has 9 heavy (non-hydrogen) atoms. The largest absolute Gasteiger partial charge is 0.104 e. The molecule has 0 aliphatic rings. The van der Waals surface area contributed by atoms with E-state index in [1.807, 2.05) is 6.92 Å². The summed E-state index contributed by atoms with van der Waals surface area (Å²) in [6.45, 7) is 10.1. The molecular weight excluding hydrogens is 128 g/mol. The summed E-state index contributed by atoms with van der Waals surface area (Å²) < 4.78 is 0. The van der Waals surface area contributed by atoms with Crippen molar-refractivity contribution in [1.82, 2.24) is 0 Å². The van der Waals surface area contributed by atoms with Crippen molar-refractivity contribution in [2.45, 2.75) is 27.2 Å². The minimum Gasteiger partial charge on any atom is -0.104 e. The van der Waals surface area contributed by atoms with Gasteiger partial charge in [-0.3, -0.25) is 0 Å². The van der Waals surface area contributed by atoms with Crippen LogP contribution < -0.4 is 0 Å². The molecule has 0 saturated carbocycles. The number of thioether (sulfide) groups is 1. The van der Waals surface area contributed by atoms with Crippen molar-refractivity contribution in [2.24, 2.45) is 0 Å². The molecule has 0 aromatic rings. The first kappa shape index (κ1) is 8.83. The number of hydrogen-bond donors (Lipinski definition) is 0. The van der Waals surface area contributed by atoms with Crippen LogP contribution in [0.15, 0.2) is 22.5 Å². The fourth-order valence-corrected chi connectivity index (χ4v) is 0.854. The summed E-state index contributed by atoms with van der Waals surface area (Å²) >= 11 is 1.71. The average molecular weight is 142 g/mol. The van der Waals surface area contributed by atoms with E-state index in [1.54, 1.807) is 11.8 Å². The lowest BCUT2D eigenvalue weighted by Gasteiger charge is -1.93. The van der Waals surface area contributed by atoms with Gasteiger partial charge in [-0.15, -0.1) is 11.8 Å². The SMILES string of the molecule is C=C(C)S/C=C(\C)CC. The topological polar surface area (TPSA) is 0 Å². The Morgan fingerprint density at radius 2 is 2.11 bits per heavy atom. The summed E-state index contributed by atoms with van der Waals surface area (Å²) in [7, 11) is 0. The molecular formula is C8H14S. The molecule has 0 saturated heterocycles. The van der Waals surface area contributed by atoms with Gasteiger partial charge in [-0.25, -0.2) is 0 Å². The van der Waals surface area contributed by atoms with Crippen molar-refractivity contribution in [3.05, 3.63) is 22.5 Å². The number of hydrogen-bond acceptors (Lipinski definition) is 1. The molecule has 0 atom stereocenters. The van der Waals surface area contributed by atoms with E-state index in [1.165, 1.54) is 5.57 Å². The van der Waals surface area contributed by atoms with Crippen molar-refractivity contribution in [3.8, 4) is 0 Å². The van der Waals surface area contributed by atoms with Crippen LogP contribution in [-0.4, -0.2) is 0 Å². The second kappa shape index (κ2) is 4.68. The van der Waals surface area contributed by atoms with E-state index in [9.17, 15) is 0 Å². The van der Waals surface area contributed by atoms with Gasteiger partial charge in [-0.1, -0.05) is 19.1 Å². The van der Waals surface area contributed by atoms with Crippen molar-refractivity contribution in [1.29, 1.82) is 0 Å². The van der Waals surface area contributed by atoms with Crippen LogP contribution in [0.1, 0.15) is 27.2 Å². The number of rotatable bonds is 3. The summed E-state index contributed by atoms with van der Waals surface area (Å²) in [6.07, 6.45) is 1.14. The van der Waals surface area contributed by atoms with Gasteiger partial charge in [0, 0.05) is 0 Å². The van der Waals surface area contributed by atoms with Crippen LogP contribution in [0.5, 0.6) is 0 Å². The van der Waals surface area contributed by atoms with Crippen LogP contribution in [0.2, 0.25) is 0 Å². The lowest BCUT2D eigenvalue weighted by molar-refractivity contribution is 1.11. The molecule has 0 unspecified atom stereocenters. The van der Waals surface area contributed by atoms with E-state index in [0.717, 1.165) is 11.3 Å². The molecule has 0 aromatic heterocycles. The molecule has 0 N–H and O–H groups in total. The molecule has 0 fully saturated rings. The smallest absolute Gasteiger partial charge is 0.0211 e. The fraction of sp³-hybridized carbons (Fsp3) is 0.500. The van der Waals surface area contributed by atoms with E-state index >= 15 is 0 Å². The fourth-order valence-electron chi connectivity index (χ4n) is 0.285. The lowest BCUT2D eigenvalue weighted by atomic mass is 10.3. The average Bonchev–Trinajstić information content (AvgIpc) is 1.83. The van der Waals surface area contributed by atoms with E-state index in [2.05, 4.69) is 25.8 Å². The minimum atomic E-state index is 1.14. The van der Waals surface area contributed by atoms with Gasteiger partial charge in [0.1, 0.15) is 0 Å². The van der Waals surface area contributed by atoms with Gasteiger partial charge in [-0.05, 0) is 30.6 Å². The maximum Gasteiger partial charge on any atom is -0.0211 e. The Balaban J connectivity index is 3.56. The summed E-state index contributed by atoms with van der Waals surface area (Å²) in [5, 5.41) is 2.16. The highest BCUT2D eigenvalue weighted by Crippen LogP contribution is 2.16. The van der Waals surface area contributed by atoms with Gasteiger partial charge in [0.05, 0.1) is 0 Å². The highest BCUT2D eigenvalue weighted by Gasteiger charge is 1.83. The van der Waals surface area contributed by atoms with Gasteiger partial charge in [0.25, 0.3) is 0 Å². The molecule has 0 amide bonds. The maximum atomic E-state index is 3.78. The van der Waals surface area contributed by atoms with E-state index in [-0.39, 0.29) is 0 Å². The molecule has 0 aromatic carbocycles. The first-order valence-electron chi connectivity index (χ1n) is 3.14. The quantitative estimate of drug-likeness (QED) is 0.580. The Morgan fingerprint density at radius 1 is 1.56 bits per heavy atom. The third-order valence-electron chi connectivity index (χ3n) is 1.02. The van der Waals surface area contributed by atoms with Crippen molar-refractivity contribution < 1.29 is 0 Å². The molecule has 52 valence electrons. The molecule has 1 heteroatoms. The van der Waals surface area contributed by atoms with Crippen LogP contribution >= 0.6 is 11.8 Å². The van der Waals surface area contributed by atoms with Crippen LogP contribution in [0, 0.1) is 0 Å². The van der Waals surface area contributed by atoms with E-state index in [4.69, 9.17) is 0 Å². The zero-order chi connectivity index (χ0) is 7.28. The standard InChI is InChI=1S/C8H14S/c1-5-8(4)6-9-7(2)3/h6H,2,5H2,1,3-4H3/b8-6+. The van der Waals surface area contributed by atoms with Crippen LogP contribution in [0.4, 0.5) is 0 Å². The van der Waals surface area contributed by atoms with Gasteiger partial charge in [-0.2, -0.15) is 0 Å². The second-order valence-corrected chi connectivity index (χ2v) is 3.31. The van der Waals surface area contributed by atoms with Gasteiger partial charge in [0.2, 0.25) is 0 Å². The van der Waals surface area contributed by atoms with E-state index < -0.39 is 0 Å². The summed E-state index contributed by atoms with van der Waals surface area (Å²) in [5.74, 6) is 0. The zero-order valence-corrected chi connectivity index (χ0v) is 7.22. The Kier molecular flexibility index (Phi) is 4.60. The normalized spacial score (nSPS) is 11.7. The minimum absolute atomic E-state index is 1.14. The first-order chi connectivity index (χ1) is 4.16. The molecule has 0 radical (unpaired) electrons. The Bertz CT molecular complexity index is 123. The van der Waals surface area contributed by atoms with Gasteiger partial charge < -0.3 is 0 Å². The maximum absolute atomic E-state index is 3.78. The van der Waals surface area contributed by atoms with Crippen LogP contribution in [-0.2, 0) is 0 Å². The zero-order valence-electron chi connectivity index (χ0n) is 6.40. The van der Waals surface area contributed by atoms with Crippen LogP contribution in [0.25, 0.3) is 0 Å². The summed E-state index contributed by atoms with van der Waals surface area (Å²) in [4.78, 5) is 1.16. The third kappa shape index (κ3) is 5.71. The van der Waals surface area contributed by atoms with Crippen molar-refractivity contribution in [2.75, 3.05) is 0 Å². The molecule has 0 rings (SSSR count). The second-order valence-electron chi connectivity index (χ2n) is 2.14. The van der Waals surface area contributed by atoms with Crippen molar-refractivity contribution in [3.63, 3.8) is 0 Å². The lowest BCUT2D eigenvalue weighted by Crippen LogP contribution is -1.66. The molecule has 0 aliphatic heterocycles. The monoisotopic (exact) mass is 142 g/mol. The predicted octanol–water partition coefficient (Wildman–Crippen LogP) is 3.57. The van der Waals surface area contributed by atoms with E-state index in [0.29, 0.717) is 0 Å². The highest BCUT2D eigenvalue weighted by molar-refractivity contribution is 8.05. The van der Waals surface area contributed by atoms with Crippen molar-refractivity contribution >= 4 is 11.8 Å². The molecule has 0 bridgehead atoms. The molecule has 0 spiro atoms. The highest BCUT2D eigenvalue weighted by atomic mass is 32.2. The third-order valence-corrected chi connectivity index (χ3v) is 1.94. The van der Waals surface area contributed by atoms with Gasteiger partial charge >= 0.3 is 0 Å². The first-order valence-corrected chi connectivity index (χ1v) is 4.02.